The van der Waals surface area contributed by atoms with Gasteiger partial charge in [0, 0.05) is 37.5 Å². The lowest BCUT2D eigenvalue weighted by Crippen LogP contribution is -2.21. The van der Waals surface area contributed by atoms with Gasteiger partial charge in [-0.25, -0.2) is 0 Å². The molecule has 5 nitrogen and oxygen atoms in total. The third-order valence-corrected chi connectivity index (χ3v) is 3.21. The number of nitrogens with zero attached hydrogens (tertiary/aromatic N) is 4. The van der Waals surface area contributed by atoms with Gasteiger partial charge in [-0.05, 0) is 29.4 Å². The first-order chi connectivity index (χ1) is 10.3. The Morgan fingerprint density at radius 2 is 1.86 bits per heavy atom. The van der Waals surface area contributed by atoms with Crippen molar-refractivity contribution in [2.24, 2.45) is 0 Å². The second kappa shape index (κ2) is 6.17. The summed E-state index contributed by atoms with van der Waals surface area (Å²) in [5.74, 6) is 1.13. The highest BCUT2D eigenvalue weighted by Gasteiger charge is 2.12. The lowest BCUT2D eigenvalue weighted by Gasteiger charge is -2.13. The van der Waals surface area contributed by atoms with Crippen LogP contribution in [0.3, 0.4) is 0 Å². The van der Waals surface area contributed by atoms with E-state index in [4.69, 9.17) is 4.52 Å². The van der Waals surface area contributed by atoms with Crippen LogP contribution in [-0.2, 0) is 6.42 Å². The van der Waals surface area contributed by atoms with Gasteiger partial charge in [0.15, 0.2) is 0 Å². The van der Waals surface area contributed by atoms with Crippen LogP contribution in [0.1, 0.15) is 5.69 Å². The molecule has 0 amide bonds. The molecule has 0 aliphatic heterocycles. The number of hydrogen-bond acceptors (Lipinski definition) is 5. The number of pyridine rings is 1. The van der Waals surface area contributed by atoms with Crippen molar-refractivity contribution in [3.05, 3.63) is 60.4 Å². The van der Waals surface area contributed by atoms with Gasteiger partial charge in [0.05, 0.1) is 0 Å². The molecule has 2 aromatic heterocycles. The highest BCUT2D eigenvalue weighted by molar-refractivity contribution is 5.53. The van der Waals surface area contributed by atoms with Crippen LogP contribution in [0.2, 0.25) is 0 Å². The summed E-state index contributed by atoms with van der Waals surface area (Å²) < 4.78 is 5.31. The Morgan fingerprint density at radius 3 is 2.62 bits per heavy atom. The molecule has 0 saturated heterocycles. The number of rotatable bonds is 5. The Labute approximate surface area is 123 Å². The molecule has 1 aromatic carbocycles. The predicted molar refractivity (Wildman–Crippen MR) is 80.9 cm³/mol. The molecule has 0 fully saturated rings. The van der Waals surface area contributed by atoms with Gasteiger partial charge >= 0.3 is 0 Å². The van der Waals surface area contributed by atoms with Crippen molar-refractivity contribution in [2.45, 2.75) is 6.42 Å². The molecule has 0 N–H and O–H groups in total. The van der Waals surface area contributed by atoms with E-state index in [9.17, 15) is 0 Å². The number of aromatic nitrogens is 3. The molecule has 3 aromatic rings. The van der Waals surface area contributed by atoms with Gasteiger partial charge in [-0.2, -0.15) is 4.98 Å². The van der Waals surface area contributed by atoms with Crippen LogP contribution >= 0.6 is 0 Å². The maximum atomic E-state index is 5.31. The van der Waals surface area contributed by atoms with Crippen molar-refractivity contribution in [1.29, 1.82) is 0 Å². The quantitative estimate of drug-likeness (QED) is 0.719. The summed E-state index contributed by atoms with van der Waals surface area (Å²) >= 11 is 0. The molecule has 0 saturated carbocycles. The number of hydrogen-bond donors (Lipinski definition) is 0. The van der Waals surface area contributed by atoms with Crippen molar-refractivity contribution < 1.29 is 4.52 Å². The molecule has 0 radical (unpaired) electrons. The maximum absolute atomic E-state index is 5.31. The molecule has 0 unspecified atom stereocenters. The Bertz CT molecular complexity index is 682. The van der Waals surface area contributed by atoms with Crippen molar-refractivity contribution >= 4 is 5.95 Å². The fraction of sp³-hybridized carbons (Fsp3) is 0.188. The van der Waals surface area contributed by atoms with Crippen LogP contribution < -0.4 is 4.90 Å². The molecule has 21 heavy (non-hydrogen) atoms. The molecule has 2 heterocycles. The van der Waals surface area contributed by atoms with Crippen LogP contribution in [0.5, 0.6) is 0 Å². The van der Waals surface area contributed by atoms with E-state index < -0.39 is 0 Å². The first-order valence-corrected chi connectivity index (χ1v) is 6.83. The van der Waals surface area contributed by atoms with Crippen molar-refractivity contribution in [3.8, 4) is 11.5 Å². The average molecular weight is 280 g/mol. The minimum absolute atomic E-state index is 0.537. The van der Waals surface area contributed by atoms with Crippen LogP contribution in [0, 0.1) is 0 Å². The third kappa shape index (κ3) is 3.25. The summed E-state index contributed by atoms with van der Waals surface area (Å²) in [6.45, 7) is 0.783. The van der Waals surface area contributed by atoms with Gasteiger partial charge in [0.1, 0.15) is 0 Å². The van der Waals surface area contributed by atoms with Crippen molar-refractivity contribution in [3.63, 3.8) is 0 Å². The van der Waals surface area contributed by atoms with E-state index in [1.165, 1.54) is 0 Å². The number of likely N-dealkylation sites (N-methyl/N-ethyl adjacent to an activating group) is 1. The fourth-order valence-electron chi connectivity index (χ4n) is 2.00. The zero-order valence-electron chi connectivity index (χ0n) is 11.8. The summed E-state index contributed by atoms with van der Waals surface area (Å²) in [4.78, 5) is 10.7. The second-order valence-corrected chi connectivity index (χ2v) is 4.76. The molecule has 5 heteroatoms. The maximum Gasteiger partial charge on any atom is 0.266 e. The molecular formula is C16H16N4O. The molecule has 0 atom stereocenters. The summed E-state index contributed by atoms with van der Waals surface area (Å²) in [6, 6.07) is 15.7. The Balaban J connectivity index is 1.66. The standard InChI is InChI=1S/C16H16N4O/c1-20(12-10-14-9-5-6-11-17-14)16-18-15(21-19-16)13-7-3-2-4-8-13/h2-9,11H,10,12H2,1H3. The molecule has 0 aliphatic carbocycles. The van der Waals surface area contributed by atoms with Crippen LogP contribution in [0.25, 0.3) is 11.5 Å². The van der Waals surface area contributed by atoms with Crippen molar-refractivity contribution in [2.75, 3.05) is 18.5 Å². The Kier molecular flexibility index (Phi) is 3.91. The smallest absolute Gasteiger partial charge is 0.266 e. The molecule has 0 bridgehead atoms. The average Bonchev–Trinajstić information content (AvgIpc) is 3.04. The van der Waals surface area contributed by atoms with E-state index in [0.717, 1.165) is 24.2 Å². The van der Waals surface area contributed by atoms with E-state index in [2.05, 4.69) is 15.1 Å². The van der Waals surface area contributed by atoms with E-state index in [-0.39, 0.29) is 0 Å². The Morgan fingerprint density at radius 1 is 1.05 bits per heavy atom. The molecular weight excluding hydrogens is 264 g/mol. The molecule has 0 spiro atoms. The van der Waals surface area contributed by atoms with Gasteiger partial charge in [-0.3, -0.25) is 4.98 Å². The summed E-state index contributed by atoms with van der Waals surface area (Å²) in [7, 11) is 1.95. The highest BCUT2D eigenvalue weighted by Crippen LogP contribution is 2.19. The van der Waals surface area contributed by atoms with Gasteiger partial charge < -0.3 is 9.42 Å². The normalized spacial score (nSPS) is 10.5. The fourth-order valence-corrected chi connectivity index (χ4v) is 2.00. The van der Waals surface area contributed by atoms with E-state index in [1.54, 1.807) is 6.20 Å². The minimum Gasteiger partial charge on any atom is -0.341 e. The molecule has 3 rings (SSSR count). The minimum atomic E-state index is 0.537. The SMILES string of the molecule is CN(CCc1ccccn1)c1noc(-c2ccccc2)n1. The lowest BCUT2D eigenvalue weighted by atomic mass is 10.2. The van der Waals surface area contributed by atoms with Crippen LogP contribution in [-0.4, -0.2) is 28.7 Å². The van der Waals surface area contributed by atoms with Crippen molar-refractivity contribution in [1.82, 2.24) is 15.1 Å². The summed E-state index contributed by atoms with van der Waals surface area (Å²) in [6.07, 6.45) is 2.64. The molecule has 106 valence electrons. The lowest BCUT2D eigenvalue weighted by molar-refractivity contribution is 0.430. The van der Waals surface area contributed by atoms with E-state index in [0.29, 0.717) is 11.8 Å². The van der Waals surface area contributed by atoms with Gasteiger partial charge in [0.25, 0.3) is 11.8 Å². The monoisotopic (exact) mass is 280 g/mol. The highest BCUT2D eigenvalue weighted by atomic mass is 16.5. The first kappa shape index (κ1) is 13.3. The van der Waals surface area contributed by atoms with E-state index >= 15 is 0 Å². The first-order valence-electron chi connectivity index (χ1n) is 6.83. The Hall–Kier alpha value is -2.69. The van der Waals surface area contributed by atoms with Crippen LogP contribution in [0.4, 0.5) is 5.95 Å². The largest absolute Gasteiger partial charge is 0.341 e. The summed E-state index contributed by atoms with van der Waals surface area (Å²) in [5.41, 5.74) is 1.98. The van der Waals surface area contributed by atoms with Gasteiger partial charge in [0.2, 0.25) is 0 Å². The number of benzene rings is 1. The third-order valence-electron chi connectivity index (χ3n) is 3.21. The number of anilines is 1. The second-order valence-electron chi connectivity index (χ2n) is 4.76. The van der Waals surface area contributed by atoms with E-state index in [1.807, 2.05) is 60.5 Å². The van der Waals surface area contributed by atoms with Gasteiger partial charge in [-0.15, -0.1) is 0 Å². The van der Waals surface area contributed by atoms with Gasteiger partial charge in [-0.1, -0.05) is 24.3 Å². The van der Waals surface area contributed by atoms with Crippen LogP contribution in [0.15, 0.2) is 59.3 Å². The summed E-state index contributed by atoms with van der Waals surface area (Å²) in [5, 5.41) is 4.02. The predicted octanol–water partition coefficient (Wildman–Crippen LogP) is 2.81. The zero-order valence-corrected chi connectivity index (χ0v) is 11.8. The zero-order chi connectivity index (χ0) is 14.5. The topological polar surface area (TPSA) is 55.1 Å². The molecule has 0 aliphatic rings.